The van der Waals surface area contributed by atoms with Crippen LogP contribution in [0.1, 0.15) is 39.9 Å². The van der Waals surface area contributed by atoms with Crippen LogP contribution < -0.4 is 5.73 Å². The molecule has 19 heavy (non-hydrogen) atoms. The monoisotopic (exact) mass is 280 g/mol. The molecule has 0 saturated heterocycles. The number of likely N-dealkylation sites (N-methyl/N-ethyl adjacent to an activating group) is 1. The Labute approximate surface area is 117 Å². The van der Waals surface area contributed by atoms with E-state index in [1.165, 1.54) is 28.2 Å². The molecule has 2 N–H and O–H groups in total. The maximum atomic E-state index is 12.2. The lowest BCUT2D eigenvalue weighted by Crippen LogP contribution is -2.34. The average molecular weight is 280 g/mol. The van der Waals surface area contributed by atoms with Crippen molar-refractivity contribution in [2.24, 2.45) is 11.7 Å². The van der Waals surface area contributed by atoms with Crippen LogP contribution in [0, 0.1) is 5.92 Å². The van der Waals surface area contributed by atoms with Gasteiger partial charge in [-0.2, -0.15) is 0 Å². The molecule has 1 aliphatic carbocycles. The van der Waals surface area contributed by atoms with Crippen LogP contribution in [0.2, 0.25) is 0 Å². The van der Waals surface area contributed by atoms with Crippen LogP contribution in [-0.4, -0.2) is 30.3 Å². The van der Waals surface area contributed by atoms with Gasteiger partial charge in [-0.05, 0) is 36.8 Å². The molecule has 0 bridgehead atoms. The van der Waals surface area contributed by atoms with Crippen molar-refractivity contribution in [3.05, 3.63) is 21.4 Å². The number of rotatable bonds is 4. The lowest BCUT2D eigenvalue weighted by molar-refractivity contribution is -0.118. The van der Waals surface area contributed by atoms with E-state index in [1.54, 1.807) is 18.4 Å². The Balaban J connectivity index is 2.12. The van der Waals surface area contributed by atoms with E-state index in [4.69, 9.17) is 5.73 Å². The minimum Gasteiger partial charge on any atom is -0.368 e. The van der Waals surface area contributed by atoms with Gasteiger partial charge in [-0.25, -0.2) is 0 Å². The quantitative estimate of drug-likeness (QED) is 0.914. The van der Waals surface area contributed by atoms with Gasteiger partial charge in [0.15, 0.2) is 0 Å². The van der Waals surface area contributed by atoms with Crippen LogP contribution in [0.4, 0.5) is 0 Å². The smallest absolute Gasteiger partial charge is 0.264 e. The third-order valence-electron chi connectivity index (χ3n) is 3.71. The summed E-state index contributed by atoms with van der Waals surface area (Å²) in [5, 5.41) is 0. The van der Waals surface area contributed by atoms with Crippen molar-refractivity contribution in [3.63, 3.8) is 0 Å². The van der Waals surface area contributed by atoms with Gasteiger partial charge in [0, 0.05) is 11.9 Å². The summed E-state index contributed by atoms with van der Waals surface area (Å²) in [6, 6.07) is 2.00. The second-order valence-corrected chi connectivity index (χ2v) is 6.34. The zero-order valence-corrected chi connectivity index (χ0v) is 12.3. The Kier molecular flexibility index (Phi) is 4.24. The van der Waals surface area contributed by atoms with Crippen LogP contribution in [0.3, 0.4) is 0 Å². The number of carbonyl (C=O) groups is 2. The van der Waals surface area contributed by atoms with Gasteiger partial charge in [0.05, 0.1) is 11.4 Å². The predicted octanol–water partition coefficient (Wildman–Crippen LogP) is 1.82. The summed E-state index contributed by atoms with van der Waals surface area (Å²) in [5.74, 6) is 0.155. The van der Waals surface area contributed by atoms with Crippen LogP contribution in [0.15, 0.2) is 6.07 Å². The number of hydrogen-bond donors (Lipinski definition) is 1. The fourth-order valence-electron chi connectivity index (χ4n) is 2.55. The highest BCUT2D eigenvalue weighted by molar-refractivity contribution is 7.14. The largest absolute Gasteiger partial charge is 0.368 e. The van der Waals surface area contributed by atoms with Crippen LogP contribution in [-0.2, 0) is 17.6 Å². The maximum absolute atomic E-state index is 12.2. The third kappa shape index (κ3) is 3.15. The lowest BCUT2D eigenvalue weighted by Gasteiger charge is -2.19. The first-order valence-electron chi connectivity index (χ1n) is 6.66. The van der Waals surface area contributed by atoms with Crippen LogP contribution >= 0.6 is 11.3 Å². The number of hydrogen-bond acceptors (Lipinski definition) is 3. The van der Waals surface area contributed by atoms with Crippen molar-refractivity contribution in [1.82, 2.24) is 4.90 Å². The molecule has 0 unspecified atom stereocenters. The average Bonchev–Trinajstić information content (AvgIpc) is 2.79. The molecular formula is C14H20N2O2S. The van der Waals surface area contributed by atoms with Crippen molar-refractivity contribution in [1.29, 1.82) is 0 Å². The van der Waals surface area contributed by atoms with E-state index < -0.39 is 5.91 Å². The molecule has 0 spiro atoms. The Hall–Kier alpha value is -1.36. The molecule has 0 fully saturated rings. The number of nitrogens with two attached hydrogens (primary N) is 1. The van der Waals surface area contributed by atoms with E-state index in [-0.39, 0.29) is 12.5 Å². The number of amides is 2. The normalized spacial score (nSPS) is 17.9. The first-order valence-corrected chi connectivity index (χ1v) is 7.48. The summed E-state index contributed by atoms with van der Waals surface area (Å²) in [6.45, 7) is 2.19. The van der Waals surface area contributed by atoms with Gasteiger partial charge in [-0.1, -0.05) is 13.3 Å². The number of aryl methyl sites for hydroxylation is 1. The number of fused-ring (bicyclic) bond motifs is 1. The summed E-state index contributed by atoms with van der Waals surface area (Å²) in [4.78, 5) is 26.5. The Bertz CT molecular complexity index is 496. The van der Waals surface area contributed by atoms with E-state index in [9.17, 15) is 9.59 Å². The van der Waals surface area contributed by atoms with E-state index in [1.807, 2.05) is 6.07 Å². The van der Waals surface area contributed by atoms with Gasteiger partial charge in [0.25, 0.3) is 5.91 Å². The first-order chi connectivity index (χ1) is 9.01. The van der Waals surface area contributed by atoms with Crippen molar-refractivity contribution in [2.75, 3.05) is 13.6 Å². The highest BCUT2D eigenvalue weighted by Crippen LogP contribution is 2.33. The van der Waals surface area contributed by atoms with Crippen molar-refractivity contribution in [2.45, 2.75) is 32.6 Å². The molecule has 4 nitrogen and oxygen atoms in total. The Morgan fingerprint density at radius 1 is 1.53 bits per heavy atom. The van der Waals surface area contributed by atoms with Crippen molar-refractivity contribution in [3.8, 4) is 0 Å². The summed E-state index contributed by atoms with van der Waals surface area (Å²) in [7, 11) is 1.61. The molecule has 1 heterocycles. The minimum atomic E-state index is -0.483. The van der Waals surface area contributed by atoms with Crippen molar-refractivity contribution >= 4 is 23.2 Å². The van der Waals surface area contributed by atoms with E-state index >= 15 is 0 Å². The Morgan fingerprint density at radius 2 is 2.26 bits per heavy atom. The molecule has 0 radical (unpaired) electrons. The molecule has 0 saturated carbocycles. The van der Waals surface area contributed by atoms with Gasteiger partial charge in [0.2, 0.25) is 5.91 Å². The van der Waals surface area contributed by atoms with E-state index in [0.29, 0.717) is 0 Å². The fourth-order valence-corrected chi connectivity index (χ4v) is 3.75. The standard InChI is InChI=1S/C14H20N2O2S/c1-3-9-4-5-11-10(6-9)7-12(19-11)14(18)16(2)8-13(15)17/h7,9H,3-6,8H2,1-2H3,(H2,15,17)/t9-/m1/s1. The molecule has 1 aliphatic rings. The number of nitrogens with zero attached hydrogens (tertiary/aromatic N) is 1. The van der Waals surface area contributed by atoms with Gasteiger partial charge in [-0.15, -0.1) is 11.3 Å². The molecule has 2 rings (SSSR count). The summed E-state index contributed by atoms with van der Waals surface area (Å²) in [6.07, 6.45) is 4.56. The molecule has 5 heteroatoms. The third-order valence-corrected chi connectivity index (χ3v) is 4.94. The predicted molar refractivity (Wildman–Crippen MR) is 76.3 cm³/mol. The second-order valence-electron chi connectivity index (χ2n) is 5.20. The number of thiophene rings is 1. The maximum Gasteiger partial charge on any atom is 0.264 e. The molecule has 0 aliphatic heterocycles. The second kappa shape index (κ2) is 5.74. The molecular weight excluding hydrogens is 260 g/mol. The topological polar surface area (TPSA) is 63.4 Å². The molecule has 1 aromatic heterocycles. The van der Waals surface area contributed by atoms with E-state index in [2.05, 4.69) is 6.92 Å². The fraction of sp³-hybridized carbons (Fsp3) is 0.571. The summed E-state index contributed by atoms with van der Waals surface area (Å²) < 4.78 is 0. The van der Waals surface area contributed by atoms with Gasteiger partial charge < -0.3 is 10.6 Å². The highest BCUT2D eigenvalue weighted by Gasteiger charge is 2.23. The molecule has 1 aromatic rings. The first kappa shape index (κ1) is 14.1. The highest BCUT2D eigenvalue weighted by atomic mass is 32.1. The minimum absolute atomic E-state index is 0.0288. The zero-order valence-electron chi connectivity index (χ0n) is 11.4. The van der Waals surface area contributed by atoms with Gasteiger partial charge >= 0.3 is 0 Å². The zero-order chi connectivity index (χ0) is 14.0. The van der Waals surface area contributed by atoms with Crippen LogP contribution in [0.5, 0.6) is 0 Å². The molecule has 2 amide bonds. The summed E-state index contributed by atoms with van der Waals surface area (Å²) >= 11 is 1.57. The van der Waals surface area contributed by atoms with Gasteiger partial charge in [0.1, 0.15) is 0 Å². The van der Waals surface area contributed by atoms with Crippen molar-refractivity contribution < 1.29 is 9.59 Å². The van der Waals surface area contributed by atoms with Gasteiger partial charge in [-0.3, -0.25) is 9.59 Å². The number of carbonyl (C=O) groups excluding carboxylic acids is 2. The van der Waals surface area contributed by atoms with E-state index in [0.717, 1.165) is 23.6 Å². The lowest BCUT2D eigenvalue weighted by atomic mass is 9.87. The van der Waals surface area contributed by atoms with Crippen LogP contribution in [0.25, 0.3) is 0 Å². The molecule has 104 valence electrons. The number of primary amides is 1. The SMILES string of the molecule is CC[C@@H]1CCc2sc(C(=O)N(C)CC(N)=O)cc2C1. The molecule has 1 atom stereocenters. The Morgan fingerprint density at radius 3 is 2.89 bits per heavy atom. The summed E-state index contributed by atoms with van der Waals surface area (Å²) in [5.41, 5.74) is 6.43. The molecule has 0 aromatic carbocycles.